The van der Waals surface area contributed by atoms with Gasteiger partial charge in [0.05, 0.1) is 21.8 Å². The molecule has 4 aromatic rings. The maximum absolute atomic E-state index is 13.3. The third-order valence-electron chi connectivity index (χ3n) is 12.5. The summed E-state index contributed by atoms with van der Waals surface area (Å²) in [6, 6.07) is 29.4. The minimum absolute atomic E-state index is 0.0131. The Bertz CT molecular complexity index is 2020. The molecule has 8 heteroatoms. The monoisotopic (exact) mass is 729 g/mol. The lowest BCUT2D eigenvalue weighted by Crippen LogP contribution is -2.56. The number of rotatable bonds is 4. The molecule has 1 N–H and O–H groups in total. The zero-order chi connectivity index (χ0) is 37.2. The maximum Gasteiger partial charge on any atom is 0.314 e. The normalized spacial score (nSPS) is 26.3. The average Bonchev–Trinajstić information content (AvgIpc) is 3.63. The Labute approximate surface area is 316 Å². The van der Waals surface area contributed by atoms with E-state index in [0.29, 0.717) is 18.9 Å². The predicted octanol–water partition coefficient (Wildman–Crippen LogP) is 8.91. The van der Waals surface area contributed by atoms with Crippen molar-refractivity contribution in [2.24, 2.45) is 5.92 Å². The first-order valence-corrected chi connectivity index (χ1v) is 19.8. The molecule has 2 aliphatic carbocycles. The van der Waals surface area contributed by atoms with Crippen LogP contribution in [0.25, 0.3) is 5.57 Å². The Hall–Kier alpha value is -4.42. The number of piperidine rings is 2. The van der Waals surface area contributed by atoms with Crippen LogP contribution in [-0.2, 0) is 22.0 Å². The highest BCUT2D eigenvalue weighted by atomic mass is 32.1. The van der Waals surface area contributed by atoms with Gasteiger partial charge in [0.15, 0.2) is 5.78 Å². The molecule has 4 aliphatic rings. The van der Waals surface area contributed by atoms with Crippen LogP contribution < -0.4 is 0 Å². The Balaban J connectivity index is 0.000000173. The maximum atomic E-state index is 13.3. The first kappa shape index (κ1) is 36.9. The number of nitrogens with zero attached hydrogens (tertiary/aromatic N) is 3. The number of Topliss-reactive ketones (excluding diaryl/α,β-unsaturated/α-hetero) is 1. The number of benzene rings is 3. The molecule has 0 amide bonds. The van der Waals surface area contributed by atoms with E-state index in [1.165, 1.54) is 40.0 Å². The van der Waals surface area contributed by atoms with Crippen molar-refractivity contribution in [2.45, 2.75) is 75.2 Å². The molecule has 3 fully saturated rings. The number of hydrogen-bond acceptors (Lipinski definition) is 6. The molecule has 53 heavy (non-hydrogen) atoms. The molecule has 1 aromatic heterocycles. The number of ketones is 1. The van der Waals surface area contributed by atoms with Crippen molar-refractivity contribution >= 4 is 28.7 Å². The fourth-order valence-electron chi connectivity index (χ4n) is 9.36. The summed E-state index contributed by atoms with van der Waals surface area (Å²) in [7, 11) is 2.18. The van der Waals surface area contributed by atoms with Crippen molar-refractivity contribution in [1.82, 2.24) is 9.80 Å². The Kier molecular flexibility index (Phi) is 10.8. The van der Waals surface area contributed by atoms with Gasteiger partial charge in [-0.1, -0.05) is 79.2 Å². The van der Waals surface area contributed by atoms with Crippen molar-refractivity contribution < 1.29 is 19.1 Å². The number of likely N-dealkylation sites (tertiary alicyclic amines) is 2. The van der Waals surface area contributed by atoms with Crippen molar-refractivity contribution in [3.8, 4) is 6.07 Å². The zero-order valence-electron chi connectivity index (χ0n) is 30.7. The van der Waals surface area contributed by atoms with Gasteiger partial charge in [-0.2, -0.15) is 5.26 Å². The largest absolute Gasteiger partial charge is 0.481 e. The summed E-state index contributed by atoms with van der Waals surface area (Å²) in [4.78, 5) is 30.7. The first-order chi connectivity index (χ1) is 25.6. The molecule has 0 bridgehead atoms. The predicted molar refractivity (Wildman–Crippen MR) is 209 cm³/mol. The fraction of sp³-hybridized carbons (Fsp3) is 0.400. The number of carboxylic acid groups (broad SMARTS) is 1. The van der Waals surface area contributed by atoms with Gasteiger partial charge in [-0.25, -0.2) is 4.39 Å². The Morgan fingerprint density at radius 2 is 1.57 bits per heavy atom. The van der Waals surface area contributed by atoms with Crippen LogP contribution in [0.1, 0.15) is 89.4 Å². The highest BCUT2D eigenvalue weighted by molar-refractivity contribution is 7.12. The van der Waals surface area contributed by atoms with Gasteiger partial charge in [-0.05, 0) is 116 Å². The standard InChI is InChI=1S/C26H29FN2O2.C19H19NOS/c1-19-17-29(16-15-26(19,24(30)31)21-5-3-2-4-6-21)23-11-13-25(18-28,14-12-23)20-7-9-22(27)10-8-20;1-20-9-6-13(7-10-20)18-15-5-3-2-4-14(15)12-17(21)19-16(18)8-11-22-19/h2-10,19,23H,11-17H2,1H3,(H,30,31);2-5,8,11H,6-7,9-10,12H2,1H3/t19-,23-,25-,26-;/m1./s1. The smallest absolute Gasteiger partial charge is 0.314 e. The van der Waals surface area contributed by atoms with E-state index in [4.69, 9.17) is 0 Å². The van der Waals surface area contributed by atoms with Crippen LogP contribution in [0.2, 0.25) is 0 Å². The topological polar surface area (TPSA) is 84.6 Å². The lowest BCUT2D eigenvalue weighted by atomic mass is 9.65. The first-order valence-electron chi connectivity index (χ1n) is 19.0. The van der Waals surface area contributed by atoms with Gasteiger partial charge in [0.2, 0.25) is 0 Å². The van der Waals surface area contributed by atoms with E-state index in [9.17, 15) is 24.3 Å². The molecule has 274 valence electrons. The molecule has 0 unspecified atom stereocenters. The van der Waals surface area contributed by atoms with Gasteiger partial charge >= 0.3 is 5.97 Å². The molecule has 1 saturated carbocycles. The summed E-state index contributed by atoms with van der Waals surface area (Å²) in [5.41, 5.74) is 6.85. The van der Waals surface area contributed by atoms with Crippen LogP contribution in [0.4, 0.5) is 4.39 Å². The van der Waals surface area contributed by atoms with Crippen molar-refractivity contribution in [2.75, 3.05) is 33.2 Å². The molecular formula is C45H48FN3O3S. The quantitative estimate of drug-likeness (QED) is 0.226. The van der Waals surface area contributed by atoms with E-state index >= 15 is 0 Å². The SMILES string of the molecule is CN1CCC(=C2c3ccccc3CC(=O)c3sccc32)CC1.C[C@@H]1CN([C@H]2CC[C@](C#N)(c3ccc(F)cc3)CC2)CC[C@]1(C(=O)O)c1ccccc1. The number of carboxylic acids is 1. The van der Waals surface area contributed by atoms with Crippen LogP contribution in [0.15, 0.2) is 95.9 Å². The number of carbonyl (C=O) groups excluding carboxylic acids is 1. The van der Waals surface area contributed by atoms with E-state index in [2.05, 4.69) is 52.6 Å². The molecule has 3 aromatic carbocycles. The van der Waals surface area contributed by atoms with E-state index < -0.39 is 16.8 Å². The molecule has 6 nitrogen and oxygen atoms in total. The highest BCUT2D eigenvalue weighted by Crippen LogP contribution is 2.45. The summed E-state index contributed by atoms with van der Waals surface area (Å²) >= 11 is 1.59. The fourth-order valence-corrected chi connectivity index (χ4v) is 10.2. The molecule has 3 heterocycles. The van der Waals surface area contributed by atoms with Gasteiger partial charge in [-0.15, -0.1) is 11.3 Å². The molecule has 8 rings (SSSR count). The number of nitriles is 1. The van der Waals surface area contributed by atoms with E-state index in [0.717, 1.165) is 80.7 Å². The molecule has 0 spiro atoms. The van der Waals surface area contributed by atoms with E-state index in [1.54, 1.807) is 23.5 Å². The van der Waals surface area contributed by atoms with Crippen LogP contribution in [0.5, 0.6) is 0 Å². The van der Waals surface area contributed by atoms with Gasteiger partial charge in [0.25, 0.3) is 0 Å². The lowest BCUT2D eigenvalue weighted by molar-refractivity contribution is -0.149. The van der Waals surface area contributed by atoms with Gasteiger partial charge < -0.3 is 14.9 Å². The summed E-state index contributed by atoms with van der Waals surface area (Å²) < 4.78 is 13.3. The lowest BCUT2D eigenvalue weighted by Gasteiger charge is -2.48. The van der Waals surface area contributed by atoms with Crippen LogP contribution in [0, 0.1) is 23.1 Å². The zero-order valence-corrected chi connectivity index (χ0v) is 31.5. The van der Waals surface area contributed by atoms with E-state index in [1.807, 2.05) is 43.3 Å². The third kappa shape index (κ3) is 7.15. The molecule has 2 saturated heterocycles. The van der Waals surface area contributed by atoms with Crippen LogP contribution >= 0.6 is 11.3 Å². The van der Waals surface area contributed by atoms with Gasteiger partial charge in [0.1, 0.15) is 5.82 Å². The number of aliphatic carboxylic acids is 1. The molecule has 2 atom stereocenters. The summed E-state index contributed by atoms with van der Waals surface area (Å²) in [6.45, 7) is 5.74. The molecule has 0 radical (unpaired) electrons. The molecular weight excluding hydrogens is 682 g/mol. The van der Waals surface area contributed by atoms with E-state index in [-0.39, 0.29) is 17.5 Å². The Morgan fingerprint density at radius 1 is 0.887 bits per heavy atom. The Morgan fingerprint density at radius 3 is 2.23 bits per heavy atom. The van der Waals surface area contributed by atoms with Gasteiger partial charge in [-0.3, -0.25) is 9.59 Å². The highest BCUT2D eigenvalue weighted by Gasteiger charge is 2.50. The summed E-state index contributed by atoms with van der Waals surface area (Å²) in [5.74, 6) is -0.774. The summed E-state index contributed by atoms with van der Waals surface area (Å²) in [5, 5.41) is 22.2. The minimum Gasteiger partial charge on any atom is -0.481 e. The second-order valence-electron chi connectivity index (χ2n) is 15.4. The average molecular weight is 730 g/mol. The van der Waals surface area contributed by atoms with Crippen molar-refractivity contribution in [3.05, 3.63) is 134 Å². The number of halogens is 1. The number of thiophene rings is 1. The van der Waals surface area contributed by atoms with Crippen molar-refractivity contribution in [1.29, 1.82) is 5.26 Å². The number of hydrogen-bond donors (Lipinski definition) is 1. The third-order valence-corrected chi connectivity index (χ3v) is 13.5. The number of fused-ring (bicyclic) bond motifs is 2. The second kappa shape index (κ2) is 15.5. The van der Waals surface area contributed by atoms with Crippen molar-refractivity contribution in [3.63, 3.8) is 0 Å². The van der Waals surface area contributed by atoms with Gasteiger partial charge in [0, 0.05) is 37.7 Å². The van der Waals surface area contributed by atoms with Crippen LogP contribution in [-0.4, -0.2) is 65.9 Å². The summed E-state index contributed by atoms with van der Waals surface area (Å²) in [6.07, 6.45) is 6.59. The van der Waals surface area contributed by atoms with Crippen LogP contribution in [0.3, 0.4) is 0 Å². The minimum atomic E-state index is -0.850. The second-order valence-corrected chi connectivity index (χ2v) is 16.3. The molecule has 2 aliphatic heterocycles. The number of carbonyl (C=O) groups is 2.